The molecule has 0 radical (unpaired) electrons. The number of hydrogen-bond donors (Lipinski definition) is 1. The largest absolute Gasteiger partial charge is 0.477 e. The van der Waals surface area contributed by atoms with E-state index in [1.54, 1.807) is 12.1 Å². The van der Waals surface area contributed by atoms with Crippen molar-refractivity contribution in [1.29, 1.82) is 0 Å². The molecular formula is C15H21NO3. The van der Waals surface area contributed by atoms with Crippen LogP contribution in [0.15, 0.2) is 18.3 Å². The third-order valence-electron chi connectivity index (χ3n) is 3.91. The molecule has 0 amide bonds. The molecule has 1 fully saturated rings. The van der Waals surface area contributed by atoms with E-state index in [0.717, 1.165) is 12.8 Å². The van der Waals surface area contributed by atoms with E-state index in [9.17, 15) is 4.79 Å². The third-order valence-corrected chi connectivity index (χ3v) is 3.91. The summed E-state index contributed by atoms with van der Waals surface area (Å²) < 4.78 is 5.96. The van der Waals surface area contributed by atoms with Gasteiger partial charge in [0.1, 0.15) is 0 Å². The van der Waals surface area contributed by atoms with Crippen LogP contribution in [0.4, 0.5) is 0 Å². The number of hydrogen-bond acceptors (Lipinski definition) is 3. The third kappa shape index (κ3) is 3.53. The Hall–Kier alpha value is -1.42. The van der Waals surface area contributed by atoms with Crippen molar-refractivity contribution in [2.24, 2.45) is 5.92 Å². The lowest BCUT2D eigenvalue weighted by Gasteiger charge is -2.30. The van der Waals surface area contributed by atoms with Crippen LogP contribution in [0.25, 0.3) is 0 Å². The fourth-order valence-corrected chi connectivity index (χ4v) is 2.80. The number of carbonyl (C=O) groups is 1. The maximum atomic E-state index is 11.1. The van der Waals surface area contributed by atoms with Crippen LogP contribution in [0.1, 0.15) is 55.1 Å². The summed E-state index contributed by atoms with van der Waals surface area (Å²) in [5.41, 5.74) is 0.766. The van der Waals surface area contributed by atoms with Gasteiger partial charge in [-0.05, 0) is 24.8 Å². The standard InChI is InChI=1S/C15H21NO3/c1-2-11-6-3-4-8-13(11)19-10-12-7-5-9-16-14(12)15(17)18/h5,7,9,11,13H,2-4,6,8,10H2,1H3,(H,17,18). The Morgan fingerprint density at radius 2 is 2.26 bits per heavy atom. The van der Waals surface area contributed by atoms with Gasteiger partial charge in [0.15, 0.2) is 5.69 Å². The first-order valence-corrected chi connectivity index (χ1v) is 7.01. The summed E-state index contributed by atoms with van der Waals surface area (Å²) in [4.78, 5) is 15.0. The molecule has 1 aromatic heterocycles. The van der Waals surface area contributed by atoms with Gasteiger partial charge in [0.2, 0.25) is 0 Å². The number of pyridine rings is 1. The summed E-state index contributed by atoms with van der Waals surface area (Å²) in [6.45, 7) is 2.54. The van der Waals surface area contributed by atoms with Gasteiger partial charge >= 0.3 is 5.97 Å². The van der Waals surface area contributed by atoms with Crippen LogP contribution in [0, 0.1) is 5.92 Å². The molecule has 0 aromatic carbocycles. The second-order valence-electron chi connectivity index (χ2n) is 5.12. The molecular weight excluding hydrogens is 242 g/mol. The summed E-state index contributed by atoms with van der Waals surface area (Å²) in [5, 5.41) is 9.08. The molecule has 0 spiro atoms. The topological polar surface area (TPSA) is 59.4 Å². The smallest absolute Gasteiger partial charge is 0.354 e. The van der Waals surface area contributed by atoms with Crippen LogP contribution in [-0.2, 0) is 11.3 Å². The number of carboxylic acids is 1. The molecule has 1 aliphatic rings. The molecule has 0 saturated heterocycles. The zero-order chi connectivity index (χ0) is 13.7. The predicted molar refractivity (Wildman–Crippen MR) is 72.0 cm³/mol. The number of ether oxygens (including phenoxy) is 1. The maximum Gasteiger partial charge on any atom is 0.354 e. The second kappa shape index (κ2) is 6.66. The van der Waals surface area contributed by atoms with E-state index in [1.165, 1.54) is 25.5 Å². The summed E-state index contributed by atoms with van der Waals surface area (Å²) in [6.07, 6.45) is 7.69. The molecule has 1 heterocycles. The van der Waals surface area contributed by atoms with Gasteiger partial charge in [-0.3, -0.25) is 0 Å². The minimum Gasteiger partial charge on any atom is -0.477 e. The van der Waals surface area contributed by atoms with Crippen molar-refractivity contribution in [2.45, 2.75) is 51.7 Å². The monoisotopic (exact) mass is 263 g/mol. The van der Waals surface area contributed by atoms with Gasteiger partial charge in [-0.2, -0.15) is 0 Å². The molecule has 2 atom stereocenters. The number of nitrogens with zero attached hydrogens (tertiary/aromatic N) is 1. The van der Waals surface area contributed by atoms with Gasteiger partial charge < -0.3 is 9.84 Å². The molecule has 19 heavy (non-hydrogen) atoms. The summed E-state index contributed by atoms with van der Waals surface area (Å²) in [5.74, 6) is -0.381. The lowest BCUT2D eigenvalue weighted by Crippen LogP contribution is -2.27. The quantitative estimate of drug-likeness (QED) is 0.885. The van der Waals surface area contributed by atoms with Gasteiger partial charge in [-0.1, -0.05) is 32.3 Å². The van der Waals surface area contributed by atoms with Crippen LogP contribution in [0.2, 0.25) is 0 Å². The van der Waals surface area contributed by atoms with E-state index in [4.69, 9.17) is 9.84 Å². The van der Waals surface area contributed by atoms with E-state index in [1.807, 2.05) is 0 Å². The Kier molecular flexibility index (Phi) is 4.91. The minimum absolute atomic E-state index is 0.103. The highest BCUT2D eigenvalue weighted by Gasteiger charge is 2.24. The fourth-order valence-electron chi connectivity index (χ4n) is 2.80. The van der Waals surface area contributed by atoms with E-state index in [2.05, 4.69) is 11.9 Å². The summed E-state index contributed by atoms with van der Waals surface area (Å²) >= 11 is 0. The Bertz CT molecular complexity index is 433. The molecule has 1 aromatic rings. The van der Waals surface area contributed by atoms with E-state index < -0.39 is 5.97 Å². The Labute approximate surface area is 113 Å². The number of rotatable bonds is 5. The van der Waals surface area contributed by atoms with Gasteiger partial charge in [0.05, 0.1) is 12.7 Å². The van der Waals surface area contributed by atoms with Crippen molar-refractivity contribution in [3.8, 4) is 0 Å². The van der Waals surface area contributed by atoms with E-state index in [-0.39, 0.29) is 11.8 Å². The highest BCUT2D eigenvalue weighted by atomic mass is 16.5. The summed E-state index contributed by atoms with van der Waals surface area (Å²) in [7, 11) is 0. The molecule has 0 aliphatic heterocycles. The van der Waals surface area contributed by atoms with Crippen molar-refractivity contribution >= 4 is 5.97 Å². The molecule has 4 nitrogen and oxygen atoms in total. The van der Waals surface area contributed by atoms with Gasteiger partial charge in [0.25, 0.3) is 0 Å². The van der Waals surface area contributed by atoms with Crippen molar-refractivity contribution in [3.63, 3.8) is 0 Å². The first-order valence-electron chi connectivity index (χ1n) is 7.01. The Balaban J connectivity index is 2.00. The highest BCUT2D eigenvalue weighted by Crippen LogP contribution is 2.29. The maximum absolute atomic E-state index is 11.1. The zero-order valence-electron chi connectivity index (χ0n) is 11.3. The van der Waals surface area contributed by atoms with E-state index >= 15 is 0 Å². The SMILES string of the molecule is CCC1CCCCC1OCc1cccnc1C(=O)O. The lowest BCUT2D eigenvalue weighted by atomic mass is 9.85. The number of aromatic nitrogens is 1. The van der Waals surface area contributed by atoms with Crippen LogP contribution < -0.4 is 0 Å². The Morgan fingerprint density at radius 3 is 3.00 bits per heavy atom. The van der Waals surface area contributed by atoms with Crippen LogP contribution >= 0.6 is 0 Å². The number of aromatic carboxylic acids is 1. The molecule has 1 aliphatic carbocycles. The molecule has 0 bridgehead atoms. The van der Waals surface area contributed by atoms with Crippen LogP contribution in [-0.4, -0.2) is 22.2 Å². The molecule has 104 valence electrons. The van der Waals surface area contributed by atoms with Crippen molar-refractivity contribution < 1.29 is 14.6 Å². The molecule has 1 N–H and O–H groups in total. The lowest BCUT2D eigenvalue weighted by molar-refractivity contribution is -0.0226. The van der Waals surface area contributed by atoms with Gasteiger partial charge in [0, 0.05) is 11.8 Å². The molecule has 2 unspecified atom stereocenters. The second-order valence-corrected chi connectivity index (χ2v) is 5.12. The van der Waals surface area contributed by atoms with Crippen molar-refractivity contribution in [3.05, 3.63) is 29.6 Å². The first-order chi connectivity index (χ1) is 9.22. The zero-order valence-corrected chi connectivity index (χ0v) is 11.3. The van der Waals surface area contributed by atoms with Gasteiger partial charge in [-0.25, -0.2) is 9.78 Å². The fraction of sp³-hybridized carbons (Fsp3) is 0.600. The average molecular weight is 263 g/mol. The van der Waals surface area contributed by atoms with Crippen LogP contribution in [0.3, 0.4) is 0 Å². The van der Waals surface area contributed by atoms with E-state index in [0.29, 0.717) is 18.1 Å². The summed E-state index contributed by atoms with van der Waals surface area (Å²) in [6, 6.07) is 3.53. The van der Waals surface area contributed by atoms with Gasteiger partial charge in [-0.15, -0.1) is 0 Å². The number of carboxylic acid groups (broad SMARTS) is 1. The average Bonchev–Trinajstić information content (AvgIpc) is 2.45. The Morgan fingerprint density at radius 1 is 1.47 bits per heavy atom. The molecule has 2 rings (SSSR count). The normalized spacial score (nSPS) is 23.2. The predicted octanol–water partition coefficient (Wildman–Crippen LogP) is 3.27. The molecule has 1 saturated carbocycles. The van der Waals surface area contributed by atoms with Crippen molar-refractivity contribution in [1.82, 2.24) is 4.98 Å². The first kappa shape index (κ1) is 14.0. The van der Waals surface area contributed by atoms with Crippen molar-refractivity contribution in [2.75, 3.05) is 0 Å². The minimum atomic E-state index is -0.991. The molecule has 4 heteroatoms. The highest BCUT2D eigenvalue weighted by molar-refractivity contribution is 5.86. The van der Waals surface area contributed by atoms with Crippen LogP contribution in [0.5, 0.6) is 0 Å².